The molecule has 0 bridgehead atoms. The molecule has 6 nitrogen and oxygen atoms in total. The summed E-state index contributed by atoms with van der Waals surface area (Å²) < 4.78 is 6.97. The van der Waals surface area contributed by atoms with Crippen LogP contribution in [0.1, 0.15) is 41.6 Å². The molecule has 150 valence electrons. The Bertz CT molecular complexity index is 1190. The molecule has 0 radical (unpaired) electrons. The van der Waals surface area contributed by atoms with Crippen LogP contribution in [0.15, 0.2) is 47.3 Å². The minimum Gasteiger partial charge on any atom is -0.497 e. The van der Waals surface area contributed by atoms with Crippen LogP contribution in [0.25, 0.3) is 10.9 Å². The lowest BCUT2D eigenvalue weighted by Gasteiger charge is -2.31. The number of nitrogens with one attached hydrogen (secondary N) is 2. The van der Waals surface area contributed by atoms with Gasteiger partial charge in [0.05, 0.1) is 23.6 Å². The molecular formula is C22H23N3O3S. The molecular weight excluding hydrogens is 386 g/mol. The Labute approximate surface area is 173 Å². The second kappa shape index (κ2) is 7.48. The van der Waals surface area contributed by atoms with Crippen LogP contribution in [0.2, 0.25) is 0 Å². The van der Waals surface area contributed by atoms with Crippen molar-refractivity contribution in [2.45, 2.75) is 31.2 Å². The van der Waals surface area contributed by atoms with Gasteiger partial charge in [-0.25, -0.2) is 0 Å². The van der Waals surface area contributed by atoms with Crippen LogP contribution in [0.3, 0.4) is 0 Å². The zero-order chi connectivity index (χ0) is 20.6. The second-order valence-corrected chi connectivity index (χ2v) is 7.91. The highest BCUT2D eigenvalue weighted by atomic mass is 32.1. The van der Waals surface area contributed by atoms with E-state index in [4.69, 9.17) is 17.0 Å². The number of carbonyl (C=O) groups excluding carboxylic acids is 1. The van der Waals surface area contributed by atoms with E-state index in [1.807, 2.05) is 24.3 Å². The summed E-state index contributed by atoms with van der Waals surface area (Å²) in [6.07, 6.45) is 3.91. The van der Waals surface area contributed by atoms with E-state index in [-0.39, 0.29) is 11.5 Å². The molecule has 1 aromatic heterocycles. The van der Waals surface area contributed by atoms with E-state index < -0.39 is 5.54 Å². The number of fused-ring (bicyclic) bond motifs is 1. The van der Waals surface area contributed by atoms with Crippen molar-refractivity contribution in [3.05, 3.63) is 68.7 Å². The third-order valence-corrected chi connectivity index (χ3v) is 6.19. The molecule has 1 amide bonds. The summed E-state index contributed by atoms with van der Waals surface area (Å²) >= 11 is 5.19. The van der Waals surface area contributed by atoms with Crippen LogP contribution in [0.4, 0.5) is 0 Å². The molecule has 29 heavy (non-hydrogen) atoms. The van der Waals surface area contributed by atoms with Gasteiger partial charge in [-0.05, 0) is 61.0 Å². The molecule has 2 N–H and O–H groups in total. The number of carbonyl (C=O) groups is 1. The number of aromatic amines is 1. The number of methoxy groups -OCH3 is 1. The maximum atomic E-state index is 13.1. The van der Waals surface area contributed by atoms with Crippen molar-refractivity contribution in [3.63, 3.8) is 0 Å². The largest absolute Gasteiger partial charge is 0.497 e. The Kier molecular flexibility index (Phi) is 5.00. The Balaban J connectivity index is 1.68. The zero-order valence-corrected chi connectivity index (χ0v) is 17.3. The fraction of sp³-hybridized carbons (Fsp3) is 0.318. The lowest BCUT2D eigenvalue weighted by atomic mass is 9.87. The first-order valence-corrected chi connectivity index (χ1v) is 10.0. The van der Waals surface area contributed by atoms with E-state index in [0.29, 0.717) is 21.2 Å². The van der Waals surface area contributed by atoms with Gasteiger partial charge in [0, 0.05) is 12.6 Å². The summed E-state index contributed by atoms with van der Waals surface area (Å²) in [5, 5.41) is 3.77. The van der Waals surface area contributed by atoms with Crippen LogP contribution < -0.4 is 15.6 Å². The average Bonchev–Trinajstić information content (AvgIpc) is 3.21. The van der Waals surface area contributed by atoms with Gasteiger partial charge in [-0.3, -0.25) is 14.2 Å². The van der Waals surface area contributed by atoms with Gasteiger partial charge in [0.25, 0.3) is 11.5 Å². The lowest BCUT2D eigenvalue weighted by Crippen LogP contribution is -2.43. The topological polar surface area (TPSA) is 76.1 Å². The van der Waals surface area contributed by atoms with Gasteiger partial charge in [-0.1, -0.05) is 25.0 Å². The van der Waals surface area contributed by atoms with E-state index in [9.17, 15) is 9.59 Å². The van der Waals surface area contributed by atoms with E-state index >= 15 is 0 Å². The molecule has 2 aromatic carbocycles. The number of nitrogens with zero attached hydrogens (tertiary/aromatic N) is 1. The molecule has 0 saturated heterocycles. The fourth-order valence-electron chi connectivity index (χ4n) is 4.11. The molecule has 0 spiro atoms. The van der Waals surface area contributed by atoms with Gasteiger partial charge in [0.2, 0.25) is 0 Å². The second-order valence-electron chi connectivity index (χ2n) is 7.53. The summed E-state index contributed by atoms with van der Waals surface area (Å²) in [7, 11) is 3.26. The van der Waals surface area contributed by atoms with Crippen molar-refractivity contribution in [2.24, 2.45) is 7.05 Å². The number of hydrogen-bond acceptors (Lipinski definition) is 4. The Hall–Kier alpha value is -2.93. The zero-order valence-electron chi connectivity index (χ0n) is 16.5. The SMILES string of the molecule is COc1ccc(C2(NC(=O)c3ccc4c(=O)n(C)c(=S)[nH]c4c3)CCCC2)cc1. The first-order chi connectivity index (χ1) is 13.9. The number of aromatic nitrogens is 2. The van der Waals surface area contributed by atoms with E-state index in [2.05, 4.69) is 10.3 Å². The summed E-state index contributed by atoms with van der Waals surface area (Å²) in [5.41, 5.74) is 1.57. The average molecular weight is 410 g/mol. The predicted molar refractivity (Wildman–Crippen MR) is 115 cm³/mol. The number of H-pyrrole nitrogens is 1. The minimum atomic E-state index is -0.391. The molecule has 0 aliphatic heterocycles. The maximum Gasteiger partial charge on any atom is 0.261 e. The Morgan fingerprint density at radius 1 is 1.17 bits per heavy atom. The van der Waals surface area contributed by atoms with E-state index in [1.165, 1.54) is 4.57 Å². The Morgan fingerprint density at radius 2 is 1.86 bits per heavy atom. The van der Waals surface area contributed by atoms with Crippen LogP contribution in [-0.4, -0.2) is 22.6 Å². The molecule has 1 aliphatic carbocycles. The van der Waals surface area contributed by atoms with Gasteiger partial charge < -0.3 is 15.0 Å². The number of ether oxygens (including phenoxy) is 1. The molecule has 1 aliphatic rings. The minimum absolute atomic E-state index is 0.162. The third kappa shape index (κ3) is 3.46. The number of benzene rings is 2. The van der Waals surface area contributed by atoms with Crippen molar-refractivity contribution in [2.75, 3.05) is 7.11 Å². The van der Waals surface area contributed by atoms with Crippen molar-refractivity contribution in [1.29, 1.82) is 0 Å². The van der Waals surface area contributed by atoms with Gasteiger partial charge in [0.15, 0.2) is 4.77 Å². The first-order valence-electron chi connectivity index (χ1n) is 9.64. The quantitative estimate of drug-likeness (QED) is 0.643. The highest BCUT2D eigenvalue weighted by Crippen LogP contribution is 2.39. The standard InChI is InChI=1S/C22H23N3O3S/c1-25-20(27)17-10-5-14(13-18(17)23-21(25)29)19(26)24-22(11-3-4-12-22)15-6-8-16(28-2)9-7-15/h5-10,13H,3-4,11-12H2,1-2H3,(H,23,29)(H,24,26). The number of amides is 1. The molecule has 1 fully saturated rings. The molecule has 4 rings (SSSR count). The normalized spacial score (nSPS) is 15.4. The summed E-state index contributed by atoms with van der Waals surface area (Å²) in [5.74, 6) is 0.629. The van der Waals surface area contributed by atoms with Crippen LogP contribution in [0.5, 0.6) is 5.75 Å². The number of rotatable bonds is 4. The molecule has 3 aromatic rings. The van der Waals surface area contributed by atoms with Crippen molar-refractivity contribution < 1.29 is 9.53 Å². The maximum absolute atomic E-state index is 13.1. The smallest absolute Gasteiger partial charge is 0.261 e. The highest BCUT2D eigenvalue weighted by Gasteiger charge is 2.37. The first kappa shape index (κ1) is 19.4. The van der Waals surface area contributed by atoms with Crippen molar-refractivity contribution in [3.8, 4) is 5.75 Å². The summed E-state index contributed by atoms with van der Waals surface area (Å²) in [4.78, 5) is 28.5. The molecule has 7 heteroatoms. The van der Waals surface area contributed by atoms with Gasteiger partial charge in [0.1, 0.15) is 5.75 Å². The Morgan fingerprint density at radius 3 is 2.52 bits per heavy atom. The van der Waals surface area contributed by atoms with Crippen LogP contribution in [0, 0.1) is 4.77 Å². The van der Waals surface area contributed by atoms with Crippen LogP contribution >= 0.6 is 12.2 Å². The van der Waals surface area contributed by atoms with Gasteiger partial charge in [-0.15, -0.1) is 0 Å². The highest BCUT2D eigenvalue weighted by molar-refractivity contribution is 7.71. The van der Waals surface area contributed by atoms with Crippen LogP contribution in [-0.2, 0) is 12.6 Å². The monoisotopic (exact) mass is 409 g/mol. The molecule has 1 saturated carbocycles. The summed E-state index contributed by atoms with van der Waals surface area (Å²) in [6.45, 7) is 0. The lowest BCUT2D eigenvalue weighted by molar-refractivity contribution is 0.0898. The number of hydrogen-bond donors (Lipinski definition) is 2. The molecule has 0 atom stereocenters. The predicted octanol–water partition coefficient (Wildman–Crippen LogP) is 3.80. The molecule has 0 unspecified atom stereocenters. The molecule has 1 heterocycles. The van der Waals surface area contributed by atoms with Crippen molar-refractivity contribution >= 4 is 29.0 Å². The van der Waals surface area contributed by atoms with Gasteiger partial charge >= 0.3 is 0 Å². The fourth-order valence-corrected chi connectivity index (χ4v) is 4.30. The van der Waals surface area contributed by atoms with Gasteiger partial charge in [-0.2, -0.15) is 0 Å². The van der Waals surface area contributed by atoms with E-state index in [0.717, 1.165) is 37.0 Å². The summed E-state index contributed by atoms with van der Waals surface area (Å²) in [6, 6.07) is 12.9. The van der Waals surface area contributed by atoms with E-state index in [1.54, 1.807) is 32.4 Å². The third-order valence-electron chi connectivity index (χ3n) is 5.82. The van der Waals surface area contributed by atoms with Crippen molar-refractivity contribution in [1.82, 2.24) is 14.9 Å².